The van der Waals surface area contributed by atoms with Gasteiger partial charge in [-0.15, -0.1) is 11.3 Å². The topological polar surface area (TPSA) is 70.3 Å². The van der Waals surface area contributed by atoms with E-state index >= 15 is 0 Å². The molecule has 0 atom stereocenters. The SMILES string of the molecule is COCCn1c(=O)n(CC(C)(C)C)c(=O)c2c(C)c(C=O)sc21. The van der Waals surface area contributed by atoms with Gasteiger partial charge in [0.25, 0.3) is 5.56 Å². The number of fused-ring (bicyclic) bond motifs is 1. The lowest BCUT2D eigenvalue weighted by molar-refractivity contribution is 0.112. The molecule has 2 aromatic rings. The number of hydrogen-bond donors (Lipinski definition) is 0. The van der Waals surface area contributed by atoms with Gasteiger partial charge in [-0.25, -0.2) is 4.79 Å². The predicted octanol–water partition coefficient (Wildman–Crippen LogP) is 2.04. The number of carbonyl (C=O) groups excluding carboxylic acids is 1. The van der Waals surface area contributed by atoms with Gasteiger partial charge in [0.1, 0.15) is 4.83 Å². The van der Waals surface area contributed by atoms with Crippen LogP contribution in [-0.4, -0.2) is 29.1 Å². The fraction of sp³-hybridized carbons (Fsp3) is 0.562. The highest BCUT2D eigenvalue weighted by Gasteiger charge is 2.22. The summed E-state index contributed by atoms with van der Waals surface area (Å²) in [5, 5.41) is 0.456. The van der Waals surface area contributed by atoms with Crippen LogP contribution in [0.25, 0.3) is 10.2 Å². The van der Waals surface area contributed by atoms with Gasteiger partial charge in [-0.3, -0.25) is 18.7 Å². The van der Waals surface area contributed by atoms with Gasteiger partial charge in [0, 0.05) is 13.7 Å². The standard InChI is InChI=1S/C16H22N2O4S/c1-10-11(8-19)23-14-12(10)13(20)18(9-16(2,3)4)15(21)17(14)6-7-22-5/h8H,6-7,9H2,1-5H3. The molecule has 0 N–H and O–H groups in total. The molecule has 0 aliphatic carbocycles. The van der Waals surface area contributed by atoms with Crippen molar-refractivity contribution >= 4 is 27.8 Å². The molecule has 2 heterocycles. The summed E-state index contributed by atoms with van der Waals surface area (Å²) < 4.78 is 7.88. The van der Waals surface area contributed by atoms with Gasteiger partial charge in [-0.2, -0.15) is 0 Å². The predicted molar refractivity (Wildman–Crippen MR) is 91.8 cm³/mol. The zero-order chi connectivity index (χ0) is 17.4. The van der Waals surface area contributed by atoms with E-state index in [1.165, 1.54) is 20.5 Å². The van der Waals surface area contributed by atoms with Gasteiger partial charge >= 0.3 is 5.69 Å². The van der Waals surface area contributed by atoms with Crippen molar-refractivity contribution in [2.45, 2.75) is 40.8 Å². The van der Waals surface area contributed by atoms with Gasteiger partial charge in [-0.1, -0.05) is 20.8 Å². The van der Waals surface area contributed by atoms with Crippen LogP contribution in [0.3, 0.4) is 0 Å². The lowest BCUT2D eigenvalue weighted by Gasteiger charge is -2.20. The molecule has 0 saturated carbocycles. The molecule has 23 heavy (non-hydrogen) atoms. The quantitative estimate of drug-likeness (QED) is 0.782. The zero-order valence-corrected chi connectivity index (χ0v) is 15.0. The molecule has 7 heteroatoms. The van der Waals surface area contributed by atoms with Crippen molar-refractivity contribution < 1.29 is 9.53 Å². The molecule has 0 fully saturated rings. The molecular weight excluding hydrogens is 316 g/mol. The van der Waals surface area contributed by atoms with Crippen molar-refractivity contribution in [3.63, 3.8) is 0 Å². The van der Waals surface area contributed by atoms with E-state index < -0.39 is 0 Å². The maximum absolute atomic E-state index is 12.8. The number of nitrogens with zero attached hydrogens (tertiary/aromatic N) is 2. The van der Waals surface area contributed by atoms with Crippen molar-refractivity contribution in [2.24, 2.45) is 5.41 Å². The first-order valence-electron chi connectivity index (χ1n) is 7.42. The van der Waals surface area contributed by atoms with Gasteiger partial charge in [0.2, 0.25) is 0 Å². The minimum absolute atomic E-state index is 0.215. The van der Waals surface area contributed by atoms with Crippen LogP contribution in [0.5, 0.6) is 0 Å². The summed E-state index contributed by atoms with van der Waals surface area (Å²) >= 11 is 1.18. The van der Waals surface area contributed by atoms with Gasteiger partial charge in [0.15, 0.2) is 6.29 Å². The second-order valence-corrected chi connectivity index (χ2v) is 7.80. The maximum Gasteiger partial charge on any atom is 0.332 e. The molecule has 0 aliphatic heterocycles. The highest BCUT2D eigenvalue weighted by atomic mass is 32.1. The minimum Gasteiger partial charge on any atom is -0.383 e. The highest BCUT2D eigenvalue weighted by Crippen LogP contribution is 2.26. The van der Waals surface area contributed by atoms with Crippen LogP contribution < -0.4 is 11.2 Å². The van der Waals surface area contributed by atoms with Crippen LogP contribution in [-0.2, 0) is 17.8 Å². The Morgan fingerprint density at radius 3 is 2.39 bits per heavy atom. The van der Waals surface area contributed by atoms with Crippen molar-refractivity contribution in [3.05, 3.63) is 31.3 Å². The van der Waals surface area contributed by atoms with Crippen LogP contribution in [0.2, 0.25) is 0 Å². The first kappa shape index (κ1) is 17.6. The number of rotatable bonds is 5. The Labute approximate surface area is 138 Å². The van der Waals surface area contributed by atoms with Crippen LogP contribution >= 0.6 is 11.3 Å². The molecule has 0 aliphatic rings. The molecule has 2 aromatic heterocycles. The van der Waals surface area contributed by atoms with E-state index in [4.69, 9.17) is 4.74 Å². The first-order chi connectivity index (χ1) is 10.7. The number of carbonyl (C=O) groups is 1. The Hall–Kier alpha value is -1.73. The fourth-order valence-corrected chi connectivity index (χ4v) is 3.65. The summed E-state index contributed by atoms with van der Waals surface area (Å²) in [6.45, 7) is 8.68. The highest BCUT2D eigenvalue weighted by molar-refractivity contribution is 7.20. The van der Waals surface area contributed by atoms with E-state index in [-0.39, 0.29) is 16.7 Å². The number of aldehydes is 1. The van der Waals surface area contributed by atoms with Crippen LogP contribution in [0.15, 0.2) is 9.59 Å². The second kappa shape index (κ2) is 6.41. The Balaban J connectivity index is 2.87. The minimum atomic E-state index is -0.354. The third-order valence-corrected chi connectivity index (χ3v) is 4.83. The summed E-state index contributed by atoms with van der Waals surface area (Å²) in [6, 6.07) is 0. The Bertz CT molecular complexity index is 852. The van der Waals surface area contributed by atoms with Crippen molar-refractivity contribution in [3.8, 4) is 0 Å². The molecule has 0 unspecified atom stereocenters. The number of aryl methyl sites for hydroxylation is 1. The lowest BCUT2D eigenvalue weighted by Crippen LogP contribution is -2.42. The maximum atomic E-state index is 12.8. The fourth-order valence-electron chi connectivity index (χ4n) is 2.52. The summed E-state index contributed by atoms with van der Waals surface area (Å²) in [4.78, 5) is 37.8. The monoisotopic (exact) mass is 338 g/mol. The first-order valence-corrected chi connectivity index (χ1v) is 8.23. The molecular formula is C16H22N2O4S. The summed E-state index contributed by atoms with van der Waals surface area (Å²) in [5.74, 6) is 0. The van der Waals surface area contributed by atoms with E-state index in [0.29, 0.717) is 40.4 Å². The Morgan fingerprint density at radius 1 is 1.22 bits per heavy atom. The number of hydrogen-bond acceptors (Lipinski definition) is 5. The van der Waals surface area contributed by atoms with E-state index in [9.17, 15) is 14.4 Å². The Morgan fingerprint density at radius 2 is 1.87 bits per heavy atom. The van der Waals surface area contributed by atoms with E-state index in [2.05, 4.69) is 0 Å². The van der Waals surface area contributed by atoms with Crippen molar-refractivity contribution in [1.29, 1.82) is 0 Å². The molecule has 0 radical (unpaired) electrons. The molecule has 0 spiro atoms. The number of ether oxygens (including phenoxy) is 1. The van der Waals surface area contributed by atoms with E-state index in [0.717, 1.165) is 6.29 Å². The molecule has 0 saturated heterocycles. The molecule has 0 bridgehead atoms. The van der Waals surface area contributed by atoms with Crippen molar-refractivity contribution in [2.75, 3.05) is 13.7 Å². The van der Waals surface area contributed by atoms with Gasteiger partial charge in [-0.05, 0) is 17.9 Å². The molecule has 0 aromatic carbocycles. The summed E-state index contributed by atoms with van der Waals surface area (Å²) in [5.41, 5.74) is -0.255. The molecule has 6 nitrogen and oxygen atoms in total. The average molecular weight is 338 g/mol. The molecule has 2 rings (SSSR count). The molecule has 126 valence electrons. The van der Waals surface area contributed by atoms with Crippen LogP contribution in [0.4, 0.5) is 0 Å². The largest absolute Gasteiger partial charge is 0.383 e. The summed E-state index contributed by atoms with van der Waals surface area (Å²) in [7, 11) is 1.56. The number of methoxy groups -OCH3 is 1. The van der Waals surface area contributed by atoms with Crippen molar-refractivity contribution in [1.82, 2.24) is 9.13 Å². The van der Waals surface area contributed by atoms with E-state index in [1.807, 2.05) is 20.8 Å². The third kappa shape index (κ3) is 3.30. The zero-order valence-electron chi connectivity index (χ0n) is 14.1. The second-order valence-electron chi connectivity index (χ2n) is 6.77. The lowest BCUT2D eigenvalue weighted by atomic mass is 9.97. The molecule has 0 amide bonds. The van der Waals surface area contributed by atoms with Gasteiger partial charge < -0.3 is 4.74 Å². The third-order valence-electron chi connectivity index (χ3n) is 3.59. The van der Waals surface area contributed by atoms with Crippen LogP contribution in [0.1, 0.15) is 36.0 Å². The average Bonchev–Trinajstić information content (AvgIpc) is 2.79. The van der Waals surface area contributed by atoms with E-state index in [1.54, 1.807) is 14.0 Å². The Kier molecular flexibility index (Phi) is 4.91. The smallest absolute Gasteiger partial charge is 0.332 e. The number of thiophene rings is 1. The normalized spacial score (nSPS) is 12.0. The summed E-state index contributed by atoms with van der Waals surface area (Å²) in [6.07, 6.45) is 0.735. The van der Waals surface area contributed by atoms with Gasteiger partial charge in [0.05, 0.1) is 23.4 Å². The van der Waals surface area contributed by atoms with Crippen LogP contribution in [0, 0.1) is 12.3 Å². The number of aromatic nitrogens is 2.